The lowest BCUT2D eigenvalue weighted by Gasteiger charge is -2.29. The Morgan fingerprint density at radius 2 is 1.41 bits per heavy atom. The number of hydrogen-bond acceptors (Lipinski definition) is 9. The minimum absolute atomic E-state index is 0.0635. The van der Waals surface area contributed by atoms with E-state index in [-0.39, 0.29) is 19.6 Å². The maximum Gasteiger partial charge on any atom is 0.466 e. The number of rotatable bonds is 3. The molecule has 0 aromatic carbocycles. The number of ether oxygens (including phenoxy) is 1. The lowest BCUT2D eigenvalue weighted by Crippen LogP contribution is -2.49. The summed E-state index contributed by atoms with van der Waals surface area (Å²) in [5.41, 5.74) is 3.61. The number of nitrogens with one attached hydrogen (secondary N) is 1. The first kappa shape index (κ1) is 35.0. The molecule has 1 saturated heterocycles. The molecule has 1 aromatic rings. The predicted octanol–water partition coefficient (Wildman–Crippen LogP) is -5.19. The molecule has 1 aromatic heterocycles. The monoisotopic (exact) mass is 565 g/mol. The zero-order valence-corrected chi connectivity index (χ0v) is 19.8. The topological polar surface area (TPSA) is 364 Å². The number of aromatic nitrogens is 2. The van der Waals surface area contributed by atoms with E-state index in [1.54, 1.807) is 6.92 Å². The number of H-pyrrole nitrogens is 1. The Hall–Kier alpha value is -1.15. The van der Waals surface area contributed by atoms with E-state index >= 15 is 0 Å². The van der Waals surface area contributed by atoms with Crippen molar-refractivity contribution in [3.8, 4) is 0 Å². The van der Waals surface area contributed by atoms with Gasteiger partial charge < -0.3 is 64.7 Å². The summed E-state index contributed by atoms with van der Waals surface area (Å²) in [6.07, 6.45) is -0.309. The quantitative estimate of drug-likeness (QED) is 0.152. The van der Waals surface area contributed by atoms with Crippen molar-refractivity contribution in [2.24, 2.45) is 5.73 Å². The maximum absolute atomic E-state index is 11.9. The summed E-state index contributed by atoms with van der Waals surface area (Å²) in [6.45, 7) is 1.11. The number of hydrogen-bond donors (Lipinski definition) is 13. The second-order valence-electron chi connectivity index (χ2n) is 6.24. The summed E-state index contributed by atoms with van der Waals surface area (Å²) in [7, 11) is -13.9. The third-order valence-corrected chi connectivity index (χ3v) is 3.39. The molecule has 1 fully saturated rings. The molecule has 0 spiro atoms. The molecule has 202 valence electrons. The van der Waals surface area contributed by atoms with Crippen LogP contribution in [0, 0.1) is 6.92 Å². The number of nitrogens with two attached hydrogens (primary N) is 1. The van der Waals surface area contributed by atoms with Crippen LogP contribution in [0.3, 0.4) is 0 Å². The van der Waals surface area contributed by atoms with Crippen LogP contribution in [0.2, 0.25) is 0 Å². The van der Waals surface area contributed by atoms with Crippen LogP contribution < -0.4 is 17.0 Å². The molecule has 20 nitrogen and oxygen atoms in total. The standard InChI is InChI=1S/C11H17N3O5.3H3O4P/c1-6-3-14(10(18)13-9(6)17)11(5-12)2-7(16)8(4-15)19-11;3*1-5(2,3)4/h3,7-8,15-16H,2,4-5,12H2,1H3,(H,13,17,18);3*(H3,1,2,3,4)/t7-,8+,11-;;;/m0.../s1. The number of aromatic amines is 1. The van der Waals surface area contributed by atoms with Crippen molar-refractivity contribution in [2.45, 2.75) is 31.3 Å². The minimum atomic E-state index is -4.64. The molecule has 2 rings (SSSR count). The normalized spacial score (nSPS) is 22.4. The lowest BCUT2D eigenvalue weighted by atomic mass is 10.1. The highest BCUT2D eigenvalue weighted by Gasteiger charge is 2.47. The second-order valence-corrected chi connectivity index (χ2v) is 9.32. The molecule has 0 bridgehead atoms. The number of nitrogens with zero attached hydrogens (tertiary/aromatic N) is 1. The molecule has 2 heterocycles. The summed E-state index contributed by atoms with van der Waals surface area (Å²) in [5.74, 6) is 0. The largest absolute Gasteiger partial charge is 0.466 e. The highest BCUT2D eigenvalue weighted by molar-refractivity contribution is 7.45. The Morgan fingerprint density at radius 1 is 1.03 bits per heavy atom. The van der Waals surface area contributed by atoms with Crippen LogP contribution in [0.4, 0.5) is 0 Å². The number of aryl methyl sites for hydroxylation is 1. The molecule has 34 heavy (non-hydrogen) atoms. The second kappa shape index (κ2) is 13.8. The number of aliphatic hydroxyl groups excluding tert-OH is 2. The molecular formula is C11H26N3O17P3. The molecule has 0 saturated carbocycles. The van der Waals surface area contributed by atoms with E-state index in [2.05, 4.69) is 4.98 Å². The van der Waals surface area contributed by atoms with Gasteiger partial charge in [-0.3, -0.25) is 14.3 Å². The van der Waals surface area contributed by atoms with Crippen LogP contribution in [0.25, 0.3) is 0 Å². The predicted molar refractivity (Wildman–Crippen MR) is 108 cm³/mol. The third kappa shape index (κ3) is 17.3. The maximum atomic E-state index is 11.9. The summed E-state index contributed by atoms with van der Waals surface area (Å²) in [5, 5.41) is 18.9. The minimum Gasteiger partial charge on any atom is -0.394 e. The first-order valence-electron chi connectivity index (χ1n) is 8.28. The Bertz CT molecular complexity index is 951. The first-order chi connectivity index (χ1) is 14.9. The molecule has 0 amide bonds. The van der Waals surface area contributed by atoms with E-state index in [0.717, 1.165) is 0 Å². The molecular weight excluding hydrogens is 539 g/mol. The molecule has 23 heteroatoms. The molecule has 0 radical (unpaired) electrons. The van der Waals surface area contributed by atoms with Crippen molar-refractivity contribution < 1.29 is 72.7 Å². The summed E-state index contributed by atoms with van der Waals surface area (Å²) in [6, 6.07) is 0. The molecule has 1 aliphatic heterocycles. The molecule has 0 unspecified atom stereocenters. The summed E-state index contributed by atoms with van der Waals surface area (Å²) >= 11 is 0. The first-order valence-corrected chi connectivity index (χ1v) is 13.0. The smallest absolute Gasteiger partial charge is 0.394 e. The van der Waals surface area contributed by atoms with E-state index in [0.29, 0.717) is 5.56 Å². The summed E-state index contributed by atoms with van der Waals surface area (Å²) in [4.78, 5) is 90.1. The fourth-order valence-corrected chi connectivity index (χ4v) is 2.28. The van der Waals surface area contributed by atoms with E-state index in [1.807, 2.05) is 0 Å². The number of aliphatic hydroxyl groups is 2. The Morgan fingerprint density at radius 3 is 1.71 bits per heavy atom. The van der Waals surface area contributed by atoms with Gasteiger partial charge in [-0.1, -0.05) is 0 Å². The van der Waals surface area contributed by atoms with Crippen LogP contribution >= 0.6 is 23.5 Å². The summed E-state index contributed by atoms with van der Waals surface area (Å²) < 4.78 is 33.4. The Balaban J connectivity index is 0. The zero-order chi connectivity index (χ0) is 27.7. The van der Waals surface area contributed by atoms with Gasteiger partial charge >= 0.3 is 29.2 Å². The van der Waals surface area contributed by atoms with Gasteiger partial charge in [-0.05, 0) is 6.92 Å². The van der Waals surface area contributed by atoms with Gasteiger partial charge in [0, 0.05) is 24.7 Å². The van der Waals surface area contributed by atoms with E-state index in [9.17, 15) is 14.7 Å². The van der Waals surface area contributed by atoms with E-state index < -0.39 is 52.7 Å². The molecule has 0 aliphatic carbocycles. The SMILES string of the molecule is Cc1cn([C@@]2(CN)C[C@H](O)[C@@H](CO)O2)c(=O)[nH]c1=O.O=P(O)(O)O.O=P(O)(O)O.O=P(O)(O)O. The fraction of sp³-hybridized carbons (Fsp3) is 0.636. The van der Waals surface area contributed by atoms with Crippen molar-refractivity contribution in [3.63, 3.8) is 0 Å². The third-order valence-electron chi connectivity index (χ3n) is 3.39. The van der Waals surface area contributed by atoms with Gasteiger partial charge in [-0.25, -0.2) is 18.5 Å². The Labute approximate surface area is 189 Å². The van der Waals surface area contributed by atoms with Gasteiger partial charge in [0.1, 0.15) is 6.10 Å². The van der Waals surface area contributed by atoms with Crippen molar-refractivity contribution in [1.82, 2.24) is 9.55 Å². The van der Waals surface area contributed by atoms with Gasteiger partial charge in [0.25, 0.3) is 5.56 Å². The fourth-order valence-electron chi connectivity index (χ4n) is 2.28. The van der Waals surface area contributed by atoms with Crippen LogP contribution in [-0.2, 0) is 24.2 Å². The van der Waals surface area contributed by atoms with Crippen molar-refractivity contribution in [2.75, 3.05) is 13.2 Å². The average Bonchev–Trinajstić information content (AvgIpc) is 2.91. The number of phosphoric acid groups is 3. The van der Waals surface area contributed by atoms with E-state index in [4.69, 9.17) is 73.3 Å². The van der Waals surface area contributed by atoms with Crippen molar-refractivity contribution in [1.29, 1.82) is 0 Å². The van der Waals surface area contributed by atoms with Gasteiger partial charge in [0.2, 0.25) is 0 Å². The van der Waals surface area contributed by atoms with Crippen LogP contribution in [0.1, 0.15) is 12.0 Å². The lowest BCUT2D eigenvalue weighted by molar-refractivity contribution is -0.113. The zero-order valence-electron chi connectivity index (χ0n) is 17.1. The van der Waals surface area contributed by atoms with Gasteiger partial charge in [-0.15, -0.1) is 0 Å². The highest BCUT2D eigenvalue weighted by Crippen LogP contribution is 2.33. The van der Waals surface area contributed by atoms with Crippen molar-refractivity contribution >= 4 is 23.5 Å². The van der Waals surface area contributed by atoms with Crippen LogP contribution in [0.5, 0.6) is 0 Å². The molecule has 14 N–H and O–H groups in total. The van der Waals surface area contributed by atoms with Crippen molar-refractivity contribution in [3.05, 3.63) is 32.6 Å². The van der Waals surface area contributed by atoms with Crippen LogP contribution in [-0.4, -0.2) is 89.2 Å². The Kier molecular flexibility index (Phi) is 14.2. The highest BCUT2D eigenvalue weighted by atomic mass is 31.2. The van der Waals surface area contributed by atoms with Gasteiger partial charge in [0.05, 0.1) is 12.7 Å². The molecule has 1 aliphatic rings. The van der Waals surface area contributed by atoms with E-state index in [1.165, 1.54) is 10.8 Å². The molecule has 3 atom stereocenters. The van der Waals surface area contributed by atoms with Gasteiger partial charge in [0.15, 0.2) is 5.72 Å². The van der Waals surface area contributed by atoms with Gasteiger partial charge in [-0.2, -0.15) is 0 Å². The van der Waals surface area contributed by atoms with Crippen LogP contribution in [0.15, 0.2) is 15.8 Å². The average molecular weight is 565 g/mol.